The third-order valence-corrected chi connectivity index (χ3v) is 7.05. The van der Waals surface area contributed by atoms with Crippen LogP contribution in [0.5, 0.6) is 23.0 Å². The van der Waals surface area contributed by atoms with Crippen molar-refractivity contribution in [1.82, 2.24) is 9.80 Å². The summed E-state index contributed by atoms with van der Waals surface area (Å²) in [7, 11) is 6.61. The van der Waals surface area contributed by atoms with Gasteiger partial charge in [-0.2, -0.15) is 0 Å². The predicted octanol–water partition coefficient (Wildman–Crippen LogP) is 3.98. The topological polar surface area (TPSA) is 60.5 Å². The molecule has 2 aliphatic rings. The van der Waals surface area contributed by atoms with Crippen LogP contribution in [0.3, 0.4) is 0 Å². The van der Waals surface area contributed by atoms with Crippen LogP contribution in [0.25, 0.3) is 0 Å². The van der Waals surface area contributed by atoms with Crippen LogP contribution >= 0.6 is 12.4 Å². The van der Waals surface area contributed by atoms with Crippen molar-refractivity contribution >= 4 is 18.3 Å². The molecule has 1 unspecified atom stereocenters. The molecular weight excluding hydrogens is 468 g/mol. The molecule has 0 aliphatic carbocycles. The number of carbonyl (C=O) groups excluding carboxylic acids is 1. The molecule has 4 rings (SSSR count). The summed E-state index contributed by atoms with van der Waals surface area (Å²) >= 11 is 0. The van der Waals surface area contributed by atoms with Gasteiger partial charge in [-0.1, -0.05) is 6.07 Å². The highest BCUT2D eigenvalue weighted by atomic mass is 35.5. The third kappa shape index (κ3) is 6.14. The number of carbonyl (C=O) groups is 1. The maximum absolute atomic E-state index is 13.4. The van der Waals surface area contributed by atoms with Gasteiger partial charge in [-0.05, 0) is 73.2 Å². The van der Waals surface area contributed by atoms with E-state index in [1.54, 1.807) is 28.4 Å². The number of rotatable bonds is 8. The van der Waals surface area contributed by atoms with Gasteiger partial charge in [0.2, 0.25) is 5.91 Å². The van der Waals surface area contributed by atoms with Gasteiger partial charge in [-0.3, -0.25) is 4.79 Å². The molecule has 0 spiro atoms. The summed E-state index contributed by atoms with van der Waals surface area (Å²) in [5.41, 5.74) is 3.60. The Morgan fingerprint density at radius 2 is 1.54 bits per heavy atom. The van der Waals surface area contributed by atoms with E-state index in [1.165, 1.54) is 11.1 Å². The molecule has 0 aromatic heterocycles. The minimum atomic E-state index is 0. The van der Waals surface area contributed by atoms with Gasteiger partial charge in [0.05, 0.1) is 34.4 Å². The first-order valence-electron chi connectivity index (χ1n) is 12.0. The van der Waals surface area contributed by atoms with Gasteiger partial charge in [0, 0.05) is 26.2 Å². The average molecular weight is 505 g/mol. The van der Waals surface area contributed by atoms with Crippen LogP contribution in [0.1, 0.15) is 29.5 Å². The van der Waals surface area contributed by atoms with E-state index in [2.05, 4.69) is 11.0 Å². The van der Waals surface area contributed by atoms with Crippen LogP contribution in [0.15, 0.2) is 30.3 Å². The fraction of sp³-hybridized carbons (Fsp3) is 0.519. The van der Waals surface area contributed by atoms with Crippen LogP contribution in [-0.4, -0.2) is 70.3 Å². The van der Waals surface area contributed by atoms with Crippen LogP contribution in [0.2, 0.25) is 0 Å². The fourth-order valence-corrected chi connectivity index (χ4v) is 5.11. The minimum absolute atomic E-state index is 0. The second kappa shape index (κ2) is 12.4. The Morgan fingerprint density at radius 3 is 2.23 bits per heavy atom. The summed E-state index contributed by atoms with van der Waals surface area (Å²) in [5, 5.41) is 0. The van der Waals surface area contributed by atoms with Gasteiger partial charge in [0.15, 0.2) is 23.0 Å². The summed E-state index contributed by atoms with van der Waals surface area (Å²) in [5.74, 6) is 3.30. The molecule has 1 fully saturated rings. The van der Waals surface area contributed by atoms with Gasteiger partial charge in [-0.15, -0.1) is 12.4 Å². The molecule has 1 atom stereocenters. The number of methoxy groups -OCH3 is 4. The van der Waals surface area contributed by atoms with Crippen LogP contribution < -0.4 is 18.9 Å². The molecule has 0 bridgehead atoms. The Labute approximate surface area is 214 Å². The Bertz CT molecular complexity index is 1020. The largest absolute Gasteiger partial charge is 0.493 e. The lowest BCUT2D eigenvalue weighted by Crippen LogP contribution is -2.46. The standard InChI is InChI=1S/C27H36N2O5.ClH/c1-31-23-8-7-19(14-24(23)32-2)9-12-28-11-5-6-21(17-28)27(30)29-13-10-20-15-25(33-3)26(34-4)16-22(20)18-29;/h7-8,14-16,21H,5-6,9-13,17-18H2,1-4H3;1H. The first kappa shape index (κ1) is 27.0. The average Bonchev–Trinajstić information content (AvgIpc) is 2.90. The Hall–Kier alpha value is -2.64. The second-order valence-corrected chi connectivity index (χ2v) is 9.06. The number of likely N-dealkylation sites (tertiary alicyclic amines) is 1. The molecule has 192 valence electrons. The quantitative estimate of drug-likeness (QED) is 0.542. The summed E-state index contributed by atoms with van der Waals surface area (Å²) in [6.45, 7) is 4.18. The molecule has 2 aliphatic heterocycles. The van der Waals surface area contributed by atoms with E-state index in [1.807, 2.05) is 29.2 Å². The number of hydrogen-bond acceptors (Lipinski definition) is 6. The monoisotopic (exact) mass is 504 g/mol. The molecule has 7 nitrogen and oxygen atoms in total. The third-order valence-electron chi connectivity index (χ3n) is 7.05. The molecule has 0 radical (unpaired) electrons. The van der Waals surface area contributed by atoms with E-state index in [0.717, 1.165) is 80.4 Å². The van der Waals surface area contributed by atoms with E-state index >= 15 is 0 Å². The zero-order valence-electron chi connectivity index (χ0n) is 21.2. The van der Waals surface area contributed by atoms with E-state index in [0.29, 0.717) is 6.54 Å². The molecule has 1 saturated heterocycles. The fourth-order valence-electron chi connectivity index (χ4n) is 5.11. The molecule has 8 heteroatoms. The minimum Gasteiger partial charge on any atom is -0.493 e. The van der Waals surface area contributed by atoms with Crippen LogP contribution in [0, 0.1) is 5.92 Å². The highest BCUT2D eigenvalue weighted by molar-refractivity contribution is 5.85. The summed E-state index contributed by atoms with van der Waals surface area (Å²) in [6, 6.07) is 10.1. The van der Waals surface area contributed by atoms with Gasteiger partial charge < -0.3 is 28.7 Å². The first-order chi connectivity index (χ1) is 16.6. The number of hydrogen-bond donors (Lipinski definition) is 0. The van der Waals surface area contributed by atoms with Crippen molar-refractivity contribution in [2.24, 2.45) is 5.92 Å². The molecule has 2 aromatic rings. The lowest BCUT2D eigenvalue weighted by atomic mass is 9.93. The van der Waals surface area contributed by atoms with E-state index in [4.69, 9.17) is 18.9 Å². The molecular formula is C27H37ClN2O5. The van der Waals surface area contributed by atoms with Gasteiger partial charge in [0.25, 0.3) is 0 Å². The van der Waals surface area contributed by atoms with Gasteiger partial charge >= 0.3 is 0 Å². The number of benzene rings is 2. The van der Waals surface area contributed by atoms with Crippen molar-refractivity contribution in [2.75, 3.05) is 54.6 Å². The molecule has 2 heterocycles. The second-order valence-electron chi connectivity index (χ2n) is 9.06. The molecule has 0 N–H and O–H groups in total. The van der Waals surface area contributed by atoms with E-state index in [-0.39, 0.29) is 24.2 Å². The number of ether oxygens (including phenoxy) is 4. The maximum Gasteiger partial charge on any atom is 0.227 e. The molecule has 2 aromatic carbocycles. The summed E-state index contributed by atoms with van der Waals surface area (Å²) < 4.78 is 21.7. The zero-order valence-corrected chi connectivity index (χ0v) is 22.0. The highest BCUT2D eigenvalue weighted by Crippen LogP contribution is 2.34. The van der Waals surface area contributed by atoms with Gasteiger partial charge in [0.1, 0.15) is 0 Å². The Morgan fingerprint density at radius 1 is 0.886 bits per heavy atom. The van der Waals surface area contributed by atoms with Crippen molar-refractivity contribution in [2.45, 2.75) is 32.2 Å². The first-order valence-corrected chi connectivity index (χ1v) is 12.0. The molecule has 35 heavy (non-hydrogen) atoms. The SMILES string of the molecule is COc1ccc(CCN2CCCC(C(=O)N3CCc4cc(OC)c(OC)cc4C3)C2)cc1OC.Cl. The van der Waals surface area contributed by atoms with Crippen molar-refractivity contribution in [3.8, 4) is 23.0 Å². The van der Waals surface area contributed by atoms with Crippen molar-refractivity contribution < 1.29 is 23.7 Å². The van der Waals surface area contributed by atoms with Crippen LogP contribution in [-0.2, 0) is 24.2 Å². The zero-order chi connectivity index (χ0) is 24.1. The number of fused-ring (bicyclic) bond motifs is 1. The lowest BCUT2D eigenvalue weighted by Gasteiger charge is -2.37. The predicted molar refractivity (Wildman–Crippen MR) is 138 cm³/mol. The van der Waals surface area contributed by atoms with Crippen molar-refractivity contribution in [3.63, 3.8) is 0 Å². The number of amides is 1. The van der Waals surface area contributed by atoms with Crippen molar-refractivity contribution in [1.29, 1.82) is 0 Å². The molecule has 1 amide bonds. The molecule has 0 saturated carbocycles. The van der Waals surface area contributed by atoms with E-state index < -0.39 is 0 Å². The van der Waals surface area contributed by atoms with E-state index in [9.17, 15) is 4.79 Å². The highest BCUT2D eigenvalue weighted by Gasteiger charge is 2.31. The normalized spacial score (nSPS) is 17.7. The van der Waals surface area contributed by atoms with Gasteiger partial charge in [-0.25, -0.2) is 0 Å². The maximum atomic E-state index is 13.4. The lowest BCUT2D eigenvalue weighted by molar-refractivity contribution is -0.138. The van der Waals surface area contributed by atoms with Crippen LogP contribution in [0.4, 0.5) is 0 Å². The Kier molecular flexibility index (Phi) is 9.52. The Balaban J connectivity index is 0.00000342. The number of halogens is 1. The summed E-state index contributed by atoms with van der Waals surface area (Å²) in [6.07, 6.45) is 3.77. The number of nitrogens with zero attached hydrogens (tertiary/aromatic N) is 2. The summed E-state index contributed by atoms with van der Waals surface area (Å²) in [4.78, 5) is 17.9. The van der Waals surface area contributed by atoms with Crippen molar-refractivity contribution in [3.05, 3.63) is 47.0 Å². The number of piperidine rings is 1. The smallest absolute Gasteiger partial charge is 0.227 e.